The number of halogens is 2. The Bertz CT molecular complexity index is 1590. The van der Waals surface area contributed by atoms with Crippen LogP contribution < -0.4 is 10.6 Å². The molecule has 5 aromatic rings. The highest BCUT2D eigenvalue weighted by Crippen LogP contribution is 2.34. The number of phenolic OH excluding ortho intramolecular Hbond substituents is 1. The number of benzene rings is 2. The number of phenols is 1. The number of rotatable bonds is 6. The maximum Gasteiger partial charge on any atom is 0.183 e. The predicted octanol–water partition coefficient (Wildman–Crippen LogP) is 4.48. The van der Waals surface area contributed by atoms with Crippen LogP contribution in [0.4, 0.5) is 14.6 Å². The summed E-state index contributed by atoms with van der Waals surface area (Å²) in [5, 5.41) is 18.2. The van der Waals surface area contributed by atoms with Crippen molar-refractivity contribution in [1.82, 2.24) is 24.9 Å². The molecule has 0 saturated carbocycles. The van der Waals surface area contributed by atoms with Crippen LogP contribution in [0.2, 0.25) is 0 Å². The van der Waals surface area contributed by atoms with Gasteiger partial charge in [0.15, 0.2) is 17.5 Å². The van der Waals surface area contributed by atoms with Gasteiger partial charge >= 0.3 is 0 Å². The van der Waals surface area contributed by atoms with Crippen LogP contribution in [0.15, 0.2) is 77.6 Å². The van der Waals surface area contributed by atoms with Gasteiger partial charge in [0, 0.05) is 30.3 Å². The first-order valence-corrected chi connectivity index (χ1v) is 12.5. The van der Waals surface area contributed by atoms with E-state index in [9.17, 15) is 13.9 Å². The Hall–Kier alpha value is -4.64. The lowest BCUT2D eigenvalue weighted by Gasteiger charge is -2.40. The Balaban J connectivity index is 1.29. The standard InChI is InChI=1S/C28H25F2N7O2/c29-21-4-2-1-3-18(21)17-37-25(23-9-14-39-35-23)15-24(34-37)26-32-16-22(30)27(33-26)36-12-10-28(31,11-13-36)19-5-7-20(38)8-6-19/h1-9,14-16,38H,10-13,17,31H2. The lowest BCUT2D eigenvalue weighted by molar-refractivity contribution is 0.339. The molecule has 0 bridgehead atoms. The van der Waals surface area contributed by atoms with E-state index in [1.165, 1.54) is 12.3 Å². The average molecular weight is 530 g/mol. The summed E-state index contributed by atoms with van der Waals surface area (Å²) in [6.07, 6.45) is 3.72. The van der Waals surface area contributed by atoms with Gasteiger partial charge in [-0.1, -0.05) is 35.5 Å². The van der Waals surface area contributed by atoms with Crippen LogP contribution in [0.3, 0.4) is 0 Å². The van der Waals surface area contributed by atoms with Crippen molar-refractivity contribution in [1.29, 1.82) is 0 Å². The minimum atomic E-state index is -0.589. The van der Waals surface area contributed by atoms with Gasteiger partial charge < -0.3 is 20.3 Å². The van der Waals surface area contributed by atoms with Crippen molar-refractivity contribution >= 4 is 5.82 Å². The molecule has 11 heteroatoms. The van der Waals surface area contributed by atoms with Gasteiger partial charge in [0.25, 0.3) is 0 Å². The van der Waals surface area contributed by atoms with E-state index in [0.29, 0.717) is 48.6 Å². The molecule has 3 aromatic heterocycles. The van der Waals surface area contributed by atoms with E-state index in [4.69, 9.17) is 10.3 Å². The third-order valence-electron chi connectivity index (χ3n) is 7.11. The molecule has 0 aliphatic carbocycles. The van der Waals surface area contributed by atoms with Crippen molar-refractivity contribution in [3.8, 4) is 28.7 Å². The first-order chi connectivity index (χ1) is 18.9. The van der Waals surface area contributed by atoms with Gasteiger partial charge in [-0.25, -0.2) is 18.7 Å². The number of nitrogens with two attached hydrogens (primary N) is 1. The second-order valence-electron chi connectivity index (χ2n) is 9.60. The van der Waals surface area contributed by atoms with E-state index in [1.54, 1.807) is 47.1 Å². The number of nitrogens with zero attached hydrogens (tertiary/aromatic N) is 6. The van der Waals surface area contributed by atoms with Crippen LogP contribution in [-0.4, -0.2) is 43.1 Å². The zero-order valence-corrected chi connectivity index (χ0v) is 20.8. The normalized spacial score (nSPS) is 15.0. The highest BCUT2D eigenvalue weighted by molar-refractivity contribution is 5.63. The molecular weight excluding hydrogens is 504 g/mol. The fourth-order valence-electron chi connectivity index (χ4n) is 4.89. The Morgan fingerprint density at radius 1 is 0.974 bits per heavy atom. The molecule has 3 N–H and O–H groups in total. The molecule has 1 aliphatic rings. The van der Waals surface area contributed by atoms with Gasteiger partial charge in [0.2, 0.25) is 0 Å². The SMILES string of the molecule is NC1(c2ccc(O)cc2)CCN(c2nc(-c3cc(-c4ccon4)n(Cc4ccccc4F)n3)ncc2F)CC1. The highest BCUT2D eigenvalue weighted by Gasteiger charge is 2.34. The minimum absolute atomic E-state index is 0.144. The number of hydrogen-bond acceptors (Lipinski definition) is 8. The van der Waals surface area contributed by atoms with Crippen LogP contribution in [0, 0.1) is 11.6 Å². The van der Waals surface area contributed by atoms with Gasteiger partial charge in [-0.15, -0.1) is 0 Å². The van der Waals surface area contributed by atoms with E-state index in [-0.39, 0.29) is 29.8 Å². The molecular formula is C28H25F2N7O2. The summed E-state index contributed by atoms with van der Waals surface area (Å²) in [6.45, 7) is 1.11. The van der Waals surface area contributed by atoms with Gasteiger partial charge in [0.05, 0.1) is 18.4 Å². The first-order valence-electron chi connectivity index (χ1n) is 12.5. The predicted molar refractivity (Wildman–Crippen MR) is 140 cm³/mol. The summed E-state index contributed by atoms with van der Waals surface area (Å²) in [7, 11) is 0. The third-order valence-corrected chi connectivity index (χ3v) is 7.11. The third kappa shape index (κ3) is 4.84. The zero-order valence-electron chi connectivity index (χ0n) is 20.8. The molecule has 2 aromatic carbocycles. The van der Waals surface area contributed by atoms with E-state index in [0.717, 1.165) is 11.8 Å². The van der Waals surface area contributed by atoms with E-state index >= 15 is 0 Å². The number of aromatic nitrogens is 5. The minimum Gasteiger partial charge on any atom is -0.508 e. The lowest BCUT2D eigenvalue weighted by atomic mass is 9.82. The molecule has 198 valence electrons. The van der Waals surface area contributed by atoms with Crippen molar-refractivity contribution in [2.45, 2.75) is 24.9 Å². The van der Waals surface area contributed by atoms with E-state index in [2.05, 4.69) is 20.2 Å². The summed E-state index contributed by atoms with van der Waals surface area (Å²) >= 11 is 0. The molecule has 0 unspecified atom stereocenters. The molecule has 0 atom stereocenters. The van der Waals surface area contributed by atoms with E-state index in [1.807, 2.05) is 17.0 Å². The molecule has 0 amide bonds. The van der Waals surface area contributed by atoms with Crippen molar-refractivity contribution in [2.24, 2.45) is 5.73 Å². The summed E-state index contributed by atoms with van der Waals surface area (Å²) < 4.78 is 36.0. The molecule has 0 spiro atoms. The Kier molecular flexibility index (Phi) is 6.27. The zero-order chi connectivity index (χ0) is 27.0. The fourth-order valence-corrected chi connectivity index (χ4v) is 4.89. The van der Waals surface area contributed by atoms with Gasteiger partial charge in [0.1, 0.15) is 29.2 Å². The number of aromatic hydroxyl groups is 1. The Morgan fingerprint density at radius 2 is 1.74 bits per heavy atom. The monoisotopic (exact) mass is 529 g/mol. The van der Waals surface area contributed by atoms with Crippen molar-refractivity contribution < 1.29 is 18.4 Å². The highest BCUT2D eigenvalue weighted by atomic mass is 19.1. The molecule has 9 nitrogen and oxygen atoms in total. The van der Waals surface area contributed by atoms with Crippen molar-refractivity contribution in [2.75, 3.05) is 18.0 Å². The molecule has 6 rings (SSSR count). The van der Waals surface area contributed by atoms with E-state index < -0.39 is 11.4 Å². The van der Waals surface area contributed by atoms with Crippen molar-refractivity contribution in [3.63, 3.8) is 0 Å². The number of piperidine rings is 1. The second kappa shape index (κ2) is 9.91. The quantitative estimate of drug-likeness (QED) is 0.331. The molecule has 1 aliphatic heterocycles. The molecule has 1 saturated heterocycles. The fraction of sp³-hybridized carbons (Fsp3) is 0.214. The number of anilines is 1. The lowest BCUT2D eigenvalue weighted by Crippen LogP contribution is -2.48. The maximum absolute atomic E-state index is 15.0. The first kappa shape index (κ1) is 24.7. The Labute approximate surface area is 222 Å². The van der Waals surface area contributed by atoms with Gasteiger partial charge in [-0.05, 0) is 42.7 Å². The summed E-state index contributed by atoms with van der Waals surface area (Å²) in [5.41, 5.74) is 8.94. The molecule has 39 heavy (non-hydrogen) atoms. The number of hydrogen-bond donors (Lipinski definition) is 2. The summed E-state index contributed by atoms with van der Waals surface area (Å²) in [5.74, 6) is -0.325. The van der Waals surface area contributed by atoms with Gasteiger partial charge in [-0.3, -0.25) is 4.68 Å². The van der Waals surface area contributed by atoms with Crippen molar-refractivity contribution in [3.05, 3.63) is 95.9 Å². The average Bonchev–Trinajstić information content (AvgIpc) is 3.62. The van der Waals surface area contributed by atoms with Crippen LogP contribution in [0.25, 0.3) is 22.9 Å². The van der Waals surface area contributed by atoms with Crippen LogP contribution in [0.1, 0.15) is 24.0 Å². The smallest absolute Gasteiger partial charge is 0.183 e. The van der Waals surface area contributed by atoms with Crippen LogP contribution in [-0.2, 0) is 12.1 Å². The maximum atomic E-state index is 15.0. The molecule has 0 radical (unpaired) electrons. The summed E-state index contributed by atoms with van der Waals surface area (Å²) in [4.78, 5) is 10.6. The van der Waals surface area contributed by atoms with Gasteiger partial charge in [-0.2, -0.15) is 5.10 Å². The second-order valence-corrected chi connectivity index (χ2v) is 9.60. The topological polar surface area (TPSA) is 119 Å². The largest absolute Gasteiger partial charge is 0.508 e. The van der Waals surface area contributed by atoms with Crippen LogP contribution in [0.5, 0.6) is 5.75 Å². The molecule has 4 heterocycles. The molecule has 1 fully saturated rings. The summed E-state index contributed by atoms with van der Waals surface area (Å²) in [6, 6.07) is 16.7. The Morgan fingerprint density at radius 3 is 2.46 bits per heavy atom. The van der Waals surface area contributed by atoms with Crippen LogP contribution >= 0.6 is 0 Å².